The summed E-state index contributed by atoms with van der Waals surface area (Å²) in [5.74, 6) is 0.608. The van der Waals surface area contributed by atoms with Gasteiger partial charge in [-0.3, -0.25) is 4.57 Å². The van der Waals surface area contributed by atoms with E-state index >= 15 is 0 Å². The van der Waals surface area contributed by atoms with Crippen molar-refractivity contribution in [3.8, 4) is 0 Å². The number of rotatable bonds is 3. The Morgan fingerprint density at radius 2 is 2.24 bits per heavy atom. The fourth-order valence-corrected chi connectivity index (χ4v) is 2.47. The number of thioether (sulfide) groups is 1. The number of hydrogen-bond acceptors (Lipinski definition) is 4. The Morgan fingerprint density at radius 3 is 2.82 bits per heavy atom. The van der Waals surface area contributed by atoms with Gasteiger partial charge in [0.15, 0.2) is 5.16 Å². The molecule has 0 aliphatic carbocycles. The van der Waals surface area contributed by atoms with Gasteiger partial charge in [-0.05, 0) is 17.7 Å². The predicted octanol–water partition coefficient (Wildman–Crippen LogP) is 2.59. The summed E-state index contributed by atoms with van der Waals surface area (Å²) in [6.45, 7) is 0. The van der Waals surface area contributed by atoms with Gasteiger partial charge in [0.05, 0.1) is 0 Å². The first-order valence-electron chi connectivity index (χ1n) is 4.79. The highest BCUT2D eigenvalue weighted by Crippen LogP contribution is 2.24. The van der Waals surface area contributed by atoms with E-state index in [0.29, 0.717) is 22.4 Å². The first kappa shape index (κ1) is 12.4. The third kappa shape index (κ3) is 2.78. The predicted molar refractivity (Wildman–Crippen MR) is 69.1 cm³/mol. The lowest BCUT2D eigenvalue weighted by molar-refractivity contribution is 0.616. The Morgan fingerprint density at radius 1 is 1.47 bits per heavy atom. The van der Waals surface area contributed by atoms with Crippen LogP contribution in [-0.4, -0.2) is 14.8 Å². The van der Waals surface area contributed by atoms with Crippen LogP contribution in [0, 0.1) is 5.82 Å². The molecule has 7 heteroatoms. The first-order chi connectivity index (χ1) is 8.08. The average Bonchev–Trinajstić information content (AvgIpc) is 2.59. The van der Waals surface area contributed by atoms with Crippen LogP contribution in [0.25, 0.3) is 0 Å². The van der Waals surface area contributed by atoms with Crippen LogP contribution in [0.3, 0.4) is 0 Å². The third-order valence-corrected chi connectivity index (χ3v) is 3.80. The zero-order valence-electron chi connectivity index (χ0n) is 9.02. The summed E-state index contributed by atoms with van der Waals surface area (Å²) in [5, 5.41) is 8.30. The largest absolute Gasteiger partial charge is 0.368 e. The van der Waals surface area contributed by atoms with Crippen molar-refractivity contribution >= 4 is 33.6 Å². The minimum Gasteiger partial charge on any atom is -0.368 e. The average molecular weight is 317 g/mol. The number of nitrogens with zero attached hydrogens (tertiary/aromatic N) is 3. The number of aromatic nitrogens is 3. The minimum absolute atomic E-state index is 0.234. The van der Waals surface area contributed by atoms with Crippen molar-refractivity contribution in [2.45, 2.75) is 10.9 Å². The van der Waals surface area contributed by atoms with Gasteiger partial charge in [0.2, 0.25) is 5.95 Å². The Hall–Kier alpha value is -1.08. The summed E-state index contributed by atoms with van der Waals surface area (Å²) >= 11 is 4.61. The van der Waals surface area contributed by atoms with Crippen LogP contribution in [0.4, 0.5) is 10.3 Å². The standard InChI is InChI=1S/C10H10BrFN4S/c1-16-9(13)14-15-10(16)17-5-6-2-3-7(11)4-8(6)12/h2-4H,5H2,1H3,(H2,13,14). The van der Waals surface area contributed by atoms with Crippen LogP contribution in [0.2, 0.25) is 0 Å². The summed E-state index contributed by atoms with van der Waals surface area (Å²) in [7, 11) is 1.77. The van der Waals surface area contributed by atoms with Gasteiger partial charge in [0.1, 0.15) is 5.82 Å². The first-order valence-corrected chi connectivity index (χ1v) is 6.57. The van der Waals surface area contributed by atoms with Gasteiger partial charge in [-0.1, -0.05) is 33.8 Å². The zero-order chi connectivity index (χ0) is 12.4. The maximum atomic E-state index is 13.5. The number of benzene rings is 1. The molecule has 0 aliphatic rings. The van der Waals surface area contributed by atoms with Crippen LogP contribution in [0.5, 0.6) is 0 Å². The molecule has 2 rings (SSSR count). The zero-order valence-corrected chi connectivity index (χ0v) is 11.4. The molecule has 17 heavy (non-hydrogen) atoms. The normalized spacial score (nSPS) is 10.8. The molecule has 0 saturated carbocycles. The highest BCUT2D eigenvalue weighted by Gasteiger charge is 2.08. The van der Waals surface area contributed by atoms with Crippen molar-refractivity contribution in [3.05, 3.63) is 34.1 Å². The minimum atomic E-state index is -0.234. The van der Waals surface area contributed by atoms with Gasteiger partial charge in [0.25, 0.3) is 0 Å². The quantitative estimate of drug-likeness (QED) is 0.884. The molecule has 0 aliphatic heterocycles. The molecule has 1 aromatic heterocycles. The van der Waals surface area contributed by atoms with E-state index in [2.05, 4.69) is 26.1 Å². The lowest BCUT2D eigenvalue weighted by Crippen LogP contribution is -1.98. The topological polar surface area (TPSA) is 56.7 Å². The van der Waals surface area contributed by atoms with E-state index in [-0.39, 0.29) is 5.82 Å². The molecule has 0 radical (unpaired) electrons. The van der Waals surface area contributed by atoms with Gasteiger partial charge >= 0.3 is 0 Å². The number of hydrogen-bond donors (Lipinski definition) is 1. The molecular weight excluding hydrogens is 307 g/mol. The monoisotopic (exact) mass is 316 g/mol. The highest BCUT2D eigenvalue weighted by atomic mass is 79.9. The number of halogens is 2. The molecule has 0 fully saturated rings. The summed E-state index contributed by atoms with van der Waals surface area (Å²) in [5.41, 5.74) is 6.18. The molecule has 4 nitrogen and oxygen atoms in total. The molecule has 0 saturated heterocycles. The second-order valence-corrected chi connectivity index (χ2v) is 5.28. The molecule has 0 unspecified atom stereocenters. The Kier molecular flexibility index (Phi) is 3.68. The fourth-order valence-electron chi connectivity index (χ4n) is 1.23. The lowest BCUT2D eigenvalue weighted by Gasteiger charge is -2.03. The van der Waals surface area contributed by atoms with Crippen LogP contribution < -0.4 is 5.73 Å². The van der Waals surface area contributed by atoms with Crippen molar-refractivity contribution in [2.75, 3.05) is 5.73 Å². The molecule has 0 bridgehead atoms. The maximum absolute atomic E-state index is 13.5. The third-order valence-electron chi connectivity index (χ3n) is 2.24. The SMILES string of the molecule is Cn1c(N)nnc1SCc1ccc(Br)cc1F. The summed E-state index contributed by atoms with van der Waals surface area (Å²) in [6.07, 6.45) is 0. The van der Waals surface area contributed by atoms with E-state index in [4.69, 9.17) is 5.73 Å². The molecule has 0 spiro atoms. The summed E-state index contributed by atoms with van der Waals surface area (Å²) in [6, 6.07) is 5.00. The smallest absolute Gasteiger partial charge is 0.222 e. The van der Waals surface area contributed by atoms with Crippen molar-refractivity contribution < 1.29 is 4.39 Å². The fraction of sp³-hybridized carbons (Fsp3) is 0.200. The van der Waals surface area contributed by atoms with E-state index in [9.17, 15) is 4.39 Å². The highest BCUT2D eigenvalue weighted by molar-refractivity contribution is 9.10. The Bertz CT molecular complexity index is 543. The molecule has 2 aromatic rings. The van der Waals surface area contributed by atoms with E-state index < -0.39 is 0 Å². The van der Waals surface area contributed by atoms with Gasteiger partial charge in [-0.15, -0.1) is 10.2 Å². The Balaban J connectivity index is 2.10. The van der Waals surface area contributed by atoms with Crippen LogP contribution in [0.15, 0.2) is 27.8 Å². The Labute approximate surface area is 111 Å². The van der Waals surface area contributed by atoms with Crippen LogP contribution in [0.1, 0.15) is 5.56 Å². The molecule has 2 N–H and O–H groups in total. The maximum Gasteiger partial charge on any atom is 0.222 e. The van der Waals surface area contributed by atoms with Crippen LogP contribution in [-0.2, 0) is 12.8 Å². The lowest BCUT2D eigenvalue weighted by atomic mass is 10.2. The van der Waals surface area contributed by atoms with Crippen molar-refractivity contribution in [2.24, 2.45) is 7.05 Å². The summed E-state index contributed by atoms with van der Waals surface area (Å²) in [4.78, 5) is 0. The molecule has 90 valence electrons. The van der Waals surface area contributed by atoms with Gasteiger partial charge in [-0.2, -0.15) is 0 Å². The van der Waals surface area contributed by atoms with Gasteiger partial charge < -0.3 is 5.73 Å². The van der Waals surface area contributed by atoms with E-state index in [0.717, 1.165) is 4.47 Å². The van der Waals surface area contributed by atoms with E-state index in [1.54, 1.807) is 17.7 Å². The molecule has 0 atom stereocenters. The van der Waals surface area contributed by atoms with E-state index in [1.807, 2.05) is 6.07 Å². The molecule has 1 heterocycles. The van der Waals surface area contributed by atoms with Gasteiger partial charge in [-0.25, -0.2) is 4.39 Å². The van der Waals surface area contributed by atoms with Crippen molar-refractivity contribution in [3.63, 3.8) is 0 Å². The second kappa shape index (κ2) is 5.05. The van der Waals surface area contributed by atoms with E-state index in [1.165, 1.54) is 17.8 Å². The summed E-state index contributed by atoms with van der Waals surface area (Å²) < 4.78 is 15.9. The van der Waals surface area contributed by atoms with Gasteiger partial charge in [0, 0.05) is 17.3 Å². The van der Waals surface area contributed by atoms with Crippen molar-refractivity contribution in [1.29, 1.82) is 0 Å². The van der Waals surface area contributed by atoms with Crippen molar-refractivity contribution in [1.82, 2.24) is 14.8 Å². The number of nitrogen functional groups attached to an aromatic ring is 1. The molecular formula is C10H10BrFN4S. The second-order valence-electron chi connectivity index (χ2n) is 3.42. The molecule has 0 amide bonds. The number of nitrogens with two attached hydrogens (primary N) is 1. The van der Waals surface area contributed by atoms with Crippen LogP contribution >= 0.6 is 27.7 Å². The number of anilines is 1. The molecule has 1 aromatic carbocycles.